The van der Waals surface area contributed by atoms with E-state index in [1.165, 1.54) is 0 Å². The first-order valence-electron chi connectivity index (χ1n) is 5.91. The Bertz CT molecular complexity index is 441. The fourth-order valence-electron chi connectivity index (χ4n) is 1.59. The number of esters is 1. The van der Waals surface area contributed by atoms with Crippen LogP contribution in [0.1, 0.15) is 40.7 Å². The van der Waals surface area contributed by atoms with Gasteiger partial charge in [0.15, 0.2) is 0 Å². The largest absolute Gasteiger partial charge is 0.426 e. The van der Waals surface area contributed by atoms with Crippen molar-refractivity contribution in [1.29, 1.82) is 0 Å². The van der Waals surface area contributed by atoms with Crippen LogP contribution in [0.5, 0.6) is 5.75 Å². The Balaban J connectivity index is 2.70. The lowest BCUT2D eigenvalue weighted by atomic mass is 10.1. The molecule has 0 aliphatic rings. The molecule has 0 aliphatic heterocycles. The number of benzene rings is 1. The third-order valence-corrected chi connectivity index (χ3v) is 2.95. The monoisotopic (exact) mass is 268 g/mol. The Labute approximate surface area is 112 Å². The molecule has 1 rings (SSSR count). The number of rotatable bonds is 6. The number of alkyl halides is 1. The smallest absolute Gasteiger partial charge is 0.311 e. The van der Waals surface area contributed by atoms with Crippen LogP contribution in [-0.4, -0.2) is 18.1 Å². The molecule has 0 heterocycles. The summed E-state index contributed by atoms with van der Waals surface area (Å²) < 4.78 is 5.27. The Morgan fingerprint density at radius 1 is 1.28 bits per heavy atom. The van der Waals surface area contributed by atoms with Gasteiger partial charge in [-0.1, -0.05) is 0 Å². The summed E-state index contributed by atoms with van der Waals surface area (Å²) in [6.07, 6.45) is 2.70. The molecular weight excluding hydrogens is 252 g/mol. The number of halogens is 1. The summed E-state index contributed by atoms with van der Waals surface area (Å²) >= 11 is 5.54. The molecule has 0 unspecified atom stereocenters. The second kappa shape index (κ2) is 7.17. The highest BCUT2D eigenvalue weighted by atomic mass is 35.5. The predicted octanol–water partition coefficient (Wildman–Crippen LogP) is 3.43. The summed E-state index contributed by atoms with van der Waals surface area (Å²) in [7, 11) is 0. The van der Waals surface area contributed by atoms with Gasteiger partial charge in [0.25, 0.3) is 0 Å². The summed E-state index contributed by atoms with van der Waals surface area (Å²) in [5.74, 6) is 0.815. The van der Waals surface area contributed by atoms with E-state index in [0.29, 0.717) is 23.6 Å². The number of carbonyl (C=O) groups is 2. The first kappa shape index (κ1) is 14.7. The lowest BCUT2D eigenvalue weighted by Crippen LogP contribution is -2.09. The Kier molecular flexibility index (Phi) is 5.86. The quantitative estimate of drug-likeness (QED) is 0.261. The molecule has 1 aromatic carbocycles. The molecule has 0 saturated heterocycles. The van der Waals surface area contributed by atoms with Crippen molar-refractivity contribution in [3.63, 3.8) is 0 Å². The van der Waals surface area contributed by atoms with Gasteiger partial charge in [0, 0.05) is 17.9 Å². The van der Waals surface area contributed by atoms with Crippen LogP contribution in [0.3, 0.4) is 0 Å². The third kappa shape index (κ3) is 4.15. The van der Waals surface area contributed by atoms with Gasteiger partial charge in [-0.25, -0.2) is 0 Å². The molecule has 0 bridgehead atoms. The molecule has 18 heavy (non-hydrogen) atoms. The van der Waals surface area contributed by atoms with Crippen LogP contribution in [0.2, 0.25) is 0 Å². The first-order chi connectivity index (χ1) is 8.58. The Hall–Kier alpha value is -1.35. The minimum Gasteiger partial charge on any atom is -0.426 e. The van der Waals surface area contributed by atoms with E-state index in [1.807, 2.05) is 13.8 Å². The lowest BCUT2D eigenvalue weighted by Gasteiger charge is -2.09. The summed E-state index contributed by atoms with van der Waals surface area (Å²) in [6, 6.07) is 3.45. The summed E-state index contributed by atoms with van der Waals surface area (Å²) in [5.41, 5.74) is 2.21. The molecular formula is C14H17ClO3. The highest BCUT2D eigenvalue weighted by molar-refractivity contribution is 6.17. The van der Waals surface area contributed by atoms with Crippen molar-refractivity contribution in [2.45, 2.75) is 33.1 Å². The lowest BCUT2D eigenvalue weighted by molar-refractivity contribution is -0.134. The van der Waals surface area contributed by atoms with Crippen LogP contribution in [0.25, 0.3) is 0 Å². The fraction of sp³-hybridized carbons (Fsp3) is 0.429. The number of unbranched alkanes of at least 4 members (excludes halogenated alkanes) is 1. The van der Waals surface area contributed by atoms with Crippen LogP contribution in [0.15, 0.2) is 12.1 Å². The van der Waals surface area contributed by atoms with Crippen molar-refractivity contribution in [1.82, 2.24) is 0 Å². The van der Waals surface area contributed by atoms with Crippen LogP contribution in [0, 0.1) is 13.8 Å². The zero-order valence-corrected chi connectivity index (χ0v) is 11.4. The van der Waals surface area contributed by atoms with E-state index < -0.39 is 0 Å². The van der Waals surface area contributed by atoms with Gasteiger partial charge in [0.2, 0.25) is 0 Å². The molecule has 0 saturated carbocycles. The minimum absolute atomic E-state index is 0.263. The van der Waals surface area contributed by atoms with Gasteiger partial charge in [-0.3, -0.25) is 9.59 Å². The van der Waals surface area contributed by atoms with Crippen molar-refractivity contribution in [2.75, 3.05) is 5.88 Å². The summed E-state index contributed by atoms with van der Waals surface area (Å²) in [6.45, 7) is 3.63. The maximum absolute atomic E-state index is 11.6. The molecule has 0 atom stereocenters. The number of ether oxygens (including phenoxy) is 1. The number of carbonyl (C=O) groups excluding carboxylic acids is 2. The van der Waals surface area contributed by atoms with E-state index in [1.54, 1.807) is 12.1 Å². The molecule has 0 fully saturated rings. The van der Waals surface area contributed by atoms with E-state index in [4.69, 9.17) is 16.3 Å². The maximum Gasteiger partial charge on any atom is 0.311 e. The van der Waals surface area contributed by atoms with E-state index in [2.05, 4.69) is 0 Å². The molecule has 0 aromatic heterocycles. The van der Waals surface area contributed by atoms with Crippen molar-refractivity contribution in [2.24, 2.45) is 0 Å². The van der Waals surface area contributed by atoms with Crippen LogP contribution in [-0.2, 0) is 4.79 Å². The van der Waals surface area contributed by atoms with Gasteiger partial charge in [0.05, 0.1) is 0 Å². The van der Waals surface area contributed by atoms with E-state index in [9.17, 15) is 9.59 Å². The van der Waals surface area contributed by atoms with Crippen LogP contribution < -0.4 is 4.74 Å². The second-order valence-electron chi connectivity index (χ2n) is 4.21. The molecule has 3 nitrogen and oxygen atoms in total. The topological polar surface area (TPSA) is 43.4 Å². The highest BCUT2D eigenvalue weighted by Crippen LogP contribution is 2.22. The number of hydrogen-bond donors (Lipinski definition) is 0. The van der Waals surface area contributed by atoms with Gasteiger partial charge in [-0.2, -0.15) is 0 Å². The summed E-state index contributed by atoms with van der Waals surface area (Å²) in [5, 5.41) is 0. The van der Waals surface area contributed by atoms with E-state index in [0.717, 1.165) is 30.3 Å². The second-order valence-corrected chi connectivity index (χ2v) is 4.59. The van der Waals surface area contributed by atoms with Crippen molar-refractivity contribution in [3.05, 3.63) is 28.8 Å². The maximum atomic E-state index is 11.6. The number of aldehydes is 1. The molecule has 0 radical (unpaired) electrons. The summed E-state index contributed by atoms with van der Waals surface area (Å²) in [4.78, 5) is 22.3. The van der Waals surface area contributed by atoms with E-state index in [-0.39, 0.29) is 5.97 Å². The van der Waals surface area contributed by atoms with Crippen molar-refractivity contribution >= 4 is 23.9 Å². The third-order valence-electron chi connectivity index (χ3n) is 2.68. The normalized spacial score (nSPS) is 10.2. The van der Waals surface area contributed by atoms with Gasteiger partial charge in [-0.15, -0.1) is 11.6 Å². The average molecular weight is 269 g/mol. The van der Waals surface area contributed by atoms with Gasteiger partial charge >= 0.3 is 5.97 Å². The molecule has 1 aromatic rings. The minimum atomic E-state index is -0.263. The molecule has 0 N–H and O–H groups in total. The molecule has 4 heteroatoms. The zero-order chi connectivity index (χ0) is 13.5. The number of hydrogen-bond acceptors (Lipinski definition) is 3. The fourth-order valence-corrected chi connectivity index (χ4v) is 1.78. The van der Waals surface area contributed by atoms with Gasteiger partial charge < -0.3 is 4.74 Å². The molecule has 98 valence electrons. The highest BCUT2D eigenvalue weighted by Gasteiger charge is 2.09. The Morgan fingerprint density at radius 3 is 2.61 bits per heavy atom. The first-order valence-corrected chi connectivity index (χ1v) is 6.45. The standard InChI is InChI=1S/C14H17ClO3/c1-10-8-13(11(2)7-12(10)9-16)18-14(17)5-3-4-6-15/h7-9H,3-6H2,1-2H3. The van der Waals surface area contributed by atoms with Crippen LogP contribution in [0.4, 0.5) is 0 Å². The predicted molar refractivity (Wildman–Crippen MR) is 71.5 cm³/mol. The molecule has 0 spiro atoms. The van der Waals surface area contributed by atoms with E-state index >= 15 is 0 Å². The van der Waals surface area contributed by atoms with Gasteiger partial charge in [0.1, 0.15) is 12.0 Å². The zero-order valence-electron chi connectivity index (χ0n) is 10.7. The molecule has 0 amide bonds. The Morgan fingerprint density at radius 2 is 2.00 bits per heavy atom. The van der Waals surface area contributed by atoms with Crippen molar-refractivity contribution < 1.29 is 14.3 Å². The number of aryl methyl sites for hydroxylation is 2. The van der Waals surface area contributed by atoms with Gasteiger partial charge in [-0.05, 0) is 49.9 Å². The van der Waals surface area contributed by atoms with Crippen molar-refractivity contribution in [3.8, 4) is 5.75 Å². The molecule has 0 aliphatic carbocycles. The average Bonchev–Trinajstić information content (AvgIpc) is 2.33. The SMILES string of the molecule is Cc1cc(OC(=O)CCCCCl)c(C)cc1C=O. The van der Waals surface area contributed by atoms with Crippen LogP contribution >= 0.6 is 11.6 Å².